The molecule has 0 bridgehead atoms. The summed E-state index contributed by atoms with van der Waals surface area (Å²) in [7, 11) is 0. The molecule has 4 heteroatoms. The van der Waals surface area contributed by atoms with Gasteiger partial charge in [-0.25, -0.2) is 0 Å². The highest BCUT2D eigenvalue weighted by Crippen LogP contribution is 2.21. The molecule has 1 atom stereocenters. The highest BCUT2D eigenvalue weighted by molar-refractivity contribution is 7.99. The van der Waals surface area contributed by atoms with E-state index in [1.165, 1.54) is 24.3 Å². The van der Waals surface area contributed by atoms with Gasteiger partial charge in [-0.15, -0.1) is 0 Å². The van der Waals surface area contributed by atoms with Crippen LogP contribution >= 0.6 is 11.8 Å². The van der Waals surface area contributed by atoms with Gasteiger partial charge in [0.05, 0.1) is 0 Å². The molecule has 3 nitrogen and oxygen atoms in total. The van der Waals surface area contributed by atoms with E-state index in [0.29, 0.717) is 12.5 Å². The van der Waals surface area contributed by atoms with Gasteiger partial charge in [-0.3, -0.25) is 4.79 Å². The summed E-state index contributed by atoms with van der Waals surface area (Å²) in [4.78, 5) is 11.7. The van der Waals surface area contributed by atoms with Crippen molar-refractivity contribution in [2.24, 2.45) is 17.6 Å². The topological polar surface area (TPSA) is 55.1 Å². The minimum atomic E-state index is 0.00275. The molecule has 1 saturated heterocycles. The molecule has 0 aromatic rings. The summed E-state index contributed by atoms with van der Waals surface area (Å²) < 4.78 is 0. The Hall–Kier alpha value is -0.220. The molecule has 88 valence electrons. The maximum absolute atomic E-state index is 11.7. The van der Waals surface area contributed by atoms with Crippen LogP contribution in [0.2, 0.25) is 0 Å². The van der Waals surface area contributed by atoms with Gasteiger partial charge in [0, 0.05) is 19.0 Å². The summed E-state index contributed by atoms with van der Waals surface area (Å²) in [6.07, 6.45) is 3.32. The lowest BCUT2D eigenvalue weighted by Gasteiger charge is -2.22. The first kappa shape index (κ1) is 12.8. The van der Waals surface area contributed by atoms with Gasteiger partial charge in [0.25, 0.3) is 0 Å². The van der Waals surface area contributed by atoms with Crippen LogP contribution in [0.15, 0.2) is 0 Å². The summed E-state index contributed by atoms with van der Waals surface area (Å²) in [6, 6.07) is 0. The fourth-order valence-corrected chi connectivity index (χ4v) is 3.00. The molecule has 0 radical (unpaired) electrons. The Labute approximate surface area is 96.6 Å². The van der Waals surface area contributed by atoms with E-state index in [1.54, 1.807) is 0 Å². The molecule has 3 N–H and O–H groups in total. The van der Waals surface area contributed by atoms with E-state index < -0.39 is 0 Å². The van der Waals surface area contributed by atoms with Crippen molar-refractivity contribution in [2.75, 3.05) is 24.6 Å². The van der Waals surface area contributed by atoms with Crippen molar-refractivity contribution in [3.63, 3.8) is 0 Å². The quantitative estimate of drug-likeness (QED) is 0.747. The molecule has 0 saturated carbocycles. The third-order valence-corrected chi connectivity index (χ3v) is 4.10. The average Bonchev–Trinajstić information content (AvgIpc) is 2.29. The van der Waals surface area contributed by atoms with Gasteiger partial charge >= 0.3 is 0 Å². The zero-order valence-electron chi connectivity index (χ0n) is 9.50. The Morgan fingerprint density at radius 3 is 2.73 bits per heavy atom. The Kier molecular flexibility index (Phi) is 6.10. The van der Waals surface area contributed by atoms with Crippen molar-refractivity contribution in [1.82, 2.24) is 5.32 Å². The SMILES string of the molecule is CCC(CN)C(=O)NCC1CCSCC1. The van der Waals surface area contributed by atoms with Crippen LogP contribution in [-0.4, -0.2) is 30.5 Å². The number of thioether (sulfide) groups is 1. The van der Waals surface area contributed by atoms with Crippen molar-refractivity contribution in [2.45, 2.75) is 26.2 Å². The van der Waals surface area contributed by atoms with E-state index in [-0.39, 0.29) is 11.8 Å². The largest absolute Gasteiger partial charge is 0.356 e. The van der Waals surface area contributed by atoms with Crippen molar-refractivity contribution in [1.29, 1.82) is 0 Å². The molecule has 1 amide bonds. The van der Waals surface area contributed by atoms with E-state index in [9.17, 15) is 4.79 Å². The van der Waals surface area contributed by atoms with E-state index in [0.717, 1.165) is 13.0 Å². The van der Waals surface area contributed by atoms with Crippen LogP contribution in [0.5, 0.6) is 0 Å². The third-order valence-electron chi connectivity index (χ3n) is 3.05. The van der Waals surface area contributed by atoms with Crippen LogP contribution in [0.3, 0.4) is 0 Å². The second-order valence-electron chi connectivity index (χ2n) is 4.14. The Morgan fingerprint density at radius 2 is 2.20 bits per heavy atom. The van der Waals surface area contributed by atoms with Crippen LogP contribution in [0.4, 0.5) is 0 Å². The number of carbonyl (C=O) groups excluding carboxylic acids is 1. The zero-order valence-corrected chi connectivity index (χ0v) is 10.3. The Morgan fingerprint density at radius 1 is 1.53 bits per heavy atom. The fraction of sp³-hybridized carbons (Fsp3) is 0.909. The van der Waals surface area contributed by atoms with Crippen LogP contribution in [0.25, 0.3) is 0 Å². The number of hydrogen-bond donors (Lipinski definition) is 2. The second kappa shape index (κ2) is 7.12. The van der Waals surface area contributed by atoms with Crippen LogP contribution in [0, 0.1) is 11.8 Å². The van der Waals surface area contributed by atoms with Gasteiger partial charge in [-0.1, -0.05) is 6.92 Å². The molecule has 0 aliphatic carbocycles. The number of hydrogen-bond acceptors (Lipinski definition) is 3. The summed E-state index contributed by atoms with van der Waals surface area (Å²) in [5, 5.41) is 3.03. The second-order valence-corrected chi connectivity index (χ2v) is 5.37. The molecule has 1 unspecified atom stereocenters. The molecule has 1 heterocycles. The first-order valence-electron chi connectivity index (χ1n) is 5.83. The van der Waals surface area contributed by atoms with E-state index in [4.69, 9.17) is 5.73 Å². The highest BCUT2D eigenvalue weighted by atomic mass is 32.2. The lowest BCUT2D eigenvalue weighted by molar-refractivity contribution is -0.125. The predicted octanol–water partition coefficient (Wildman–Crippen LogP) is 1.23. The van der Waals surface area contributed by atoms with Crippen molar-refractivity contribution in [3.05, 3.63) is 0 Å². The molecule has 1 aliphatic rings. The minimum Gasteiger partial charge on any atom is -0.356 e. The lowest BCUT2D eigenvalue weighted by Crippen LogP contribution is -2.38. The normalized spacial score (nSPS) is 19.9. The van der Waals surface area contributed by atoms with Crippen LogP contribution in [0.1, 0.15) is 26.2 Å². The maximum atomic E-state index is 11.7. The van der Waals surface area contributed by atoms with Crippen molar-refractivity contribution >= 4 is 17.7 Å². The number of nitrogens with one attached hydrogen (secondary N) is 1. The summed E-state index contributed by atoms with van der Waals surface area (Å²) >= 11 is 2.02. The molecule has 1 rings (SSSR count). The molecule has 0 spiro atoms. The number of rotatable bonds is 5. The number of amides is 1. The van der Waals surface area contributed by atoms with E-state index in [1.807, 2.05) is 18.7 Å². The Balaban J connectivity index is 2.20. The molecule has 15 heavy (non-hydrogen) atoms. The fourth-order valence-electron chi connectivity index (χ4n) is 1.80. The first-order valence-corrected chi connectivity index (χ1v) is 6.99. The average molecular weight is 230 g/mol. The third kappa shape index (κ3) is 4.43. The molecule has 0 aromatic carbocycles. The minimum absolute atomic E-state index is 0.00275. The van der Waals surface area contributed by atoms with Crippen LogP contribution < -0.4 is 11.1 Å². The lowest BCUT2D eigenvalue weighted by atomic mass is 10.0. The molecular formula is C11H22N2OS. The van der Waals surface area contributed by atoms with Gasteiger partial charge in [0.2, 0.25) is 5.91 Å². The zero-order chi connectivity index (χ0) is 11.1. The number of nitrogens with two attached hydrogens (primary N) is 1. The van der Waals surface area contributed by atoms with Crippen LogP contribution in [-0.2, 0) is 4.79 Å². The highest BCUT2D eigenvalue weighted by Gasteiger charge is 2.17. The van der Waals surface area contributed by atoms with Crippen molar-refractivity contribution < 1.29 is 4.79 Å². The summed E-state index contributed by atoms with van der Waals surface area (Å²) in [5.74, 6) is 3.31. The summed E-state index contributed by atoms with van der Waals surface area (Å²) in [5.41, 5.74) is 5.53. The van der Waals surface area contributed by atoms with Gasteiger partial charge in [0.1, 0.15) is 0 Å². The molecule has 0 aromatic heterocycles. The molecular weight excluding hydrogens is 208 g/mol. The standard InChI is InChI=1S/C11H22N2OS/c1-2-10(7-12)11(14)13-8-9-3-5-15-6-4-9/h9-10H,2-8,12H2,1H3,(H,13,14). The van der Waals surface area contributed by atoms with E-state index in [2.05, 4.69) is 5.32 Å². The predicted molar refractivity (Wildman–Crippen MR) is 65.9 cm³/mol. The number of carbonyl (C=O) groups is 1. The molecule has 1 aliphatic heterocycles. The Bertz CT molecular complexity index is 189. The molecule has 1 fully saturated rings. The van der Waals surface area contributed by atoms with Gasteiger partial charge in [-0.2, -0.15) is 11.8 Å². The summed E-state index contributed by atoms with van der Waals surface area (Å²) in [6.45, 7) is 3.31. The van der Waals surface area contributed by atoms with Crippen molar-refractivity contribution in [3.8, 4) is 0 Å². The first-order chi connectivity index (χ1) is 7.27. The van der Waals surface area contributed by atoms with E-state index >= 15 is 0 Å². The smallest absolute Gasteiger partial charge is 0.224 e. The monoisotopic (exact) mass is 230 g/mol. The van der Waals surface area contributed by atoms with Gasteiger partial charge in [0.15, 0.2) is 0 Å². The van der Waals surface area contributed by atoms with Gasteiger partial charge < -0.3 is 11.1 Å². The van der Waals surface area contributed by atoms with Gasteiger partial charge in [-0.05, 0) is 36.7 Å². The maximum Gasteiger partial charge on any atom is 0.224 e.